The maximum Gasteiger partial charge on any atom is 0.295 e. The molecule has 7 heteroatoms. The SMILES string of the molecule is CCc1ccccc1NS(=O)(=O)c1ccc(-c2cc(C)no2)o1. The number of hydrogen-bond donors (Lipinski definition) is 1. The van der Waals surface area contributed by atoms with Gasteiger partial charge in [0.15, 0.2) is 5.76 Å². The molecule has 0 aliphatic heterocycles. The zero-order valence-electron chi connectivity index (χ0n) is 12.7. The summed E-state index contributed by atoms with van der Waals surface area (Å²) in [6.45, 7) is 3.74. The number of benzene rings is 1. The van der Waals surface area contributed by atoms with E-state index in [0.29, 0.717) is 22.9 Å². The maximum absolute atomic E-state index is 12.5. The summed E-state index contributed by atoms with van der Waals surface area (Å²) < 4.78 is 38.0. The molecule has 2 aromatic heterocycles. The van der Waals surface area contributed by atoms with Crippen molar-refractivity contribution in [1.29, 1.82) is 0 Å². The molecule has 0 saturated heterocycles. The minimum atomic E-state index is -3.81. The van der Waals surface area contributed by atoms with Crippen LogP contribution in [0.3, 0.4) is 0 Å². The van der Waals surface area contributed by atoms with E-state index in [1.165, 1.54) is 6.07 Å². The molecule has 1 aromatic carbocycles. The molecule has 3 rings (SSSR count). The van der Waals surface area contributed by atoms with Crippen molar-refractivity contribution in [3.8, 4) is 11.5 Å². The van der Waals surface area contributed by atoms with Crippen LogP contribution < -0.4 is 4.72 Å². The lowest BCUT2D eigenvalue weighted by atomic mass is 10.1. The Morgan fingerprint density at radius 1 is 1.13 bits per heavy atom. The van der Waals surface area contributed by atoms with Crippen LogP contribution in [0.5, 0.6) is 0 Å². The predicted octanol–water partition coefficient (Wildman–Crippen LogP) is 3.61. The van der Waals surface area contributed by atoms with Gasteiger partial charge in [0.2, 0.25) is 10.9 Å². The average Bonchev–Trinajstić information content (AvgIpc) is 3.16. The minimum absolute atomic E-state index is 0.174. The number of para-hydroxylation sites is 1. The third-order valence-corrected chi connectivity index (χ3v) is 4.60. The molecule has 0 aliphatic rings. The second kappa shape index (κ2) is 5.92. The molecule has 0 radical (unpaired) electrons. The molecular weight excluding hydrogens is 316 g/mol. The van der Waals surface area contributed by atoms with Crippen molar-refractivity contribution < 1.29 is 17.4 Å². The Kier molecular flexibility index (Phi) is 3.96. The lowest BCUT2D eigenvalue weighted by Gasteiger charge is -2.09. The number of nitrogens with zero attached hydrogens (tertiary/aromatic N) is 1. The summed E-state index contributed by atoms with van der Waals surface area (Å²) in [4.78, 5) is 0. The second-order valence-corrected chi connectivity index (χ2v) is 6.68. The first-order chi connectivity index (χ1) is 11.0. The monoisotopic (exact) mass is 332 g/mol. The van der Waals surface area contributed by atoms with Gasteiger partial charge in [-0.05, 0) is 37.1 Å². The van der Waals surface area contributed by atoms with E-state index < -0.39 is 10.0 Å². The highest BCUT2D eigenvalue weighted by atomic mass is 32.2. The Balaban J connectivity index is 1.90. The number of sulfonamides is 1. The third-order valence-electron chi connectivity index (χ3n) is 3.36. The molecule has 6 nitrogen and oxygen atoms in total. The number of aromatic nitrogens is 1. The van der Waals surface area contributed by atoms with E-state index in [4.69, 9.17) is 8.94 Å². The Labute approximate surface area is 134 Å². The molecule has 23 heavy (non-hydrogen) atoms. The summed E-state index contributed by atoms with van der Waals surface area (Å²) in [5, 5.41) is 3.58. The Hall–Kier alpha value is -2.54. The molecule has 0 amide bonds. The molecule has 0 atom stereocenters. The van der Waals surface area contributed by atoms with E-state index in [9.17, 15) is 8.42 Å². The number of furan rings is 1. The van der Waals surface area contributed by atoms with Gasteiger partial charge in [0.1, 0.15) is 0 Å². The van der Waals surface area contributed by atoms with Crippen molar-refractivity contribution in [3.63, 3.8) is 0 Å². The van der Waals surface area contributed by atoms with Gasteiger partial charge in [-0.15, -0.1) is 0 Å². The van der Waals surface area contributed by atoms with E-state index >= 15 is 0 Å². The number of aryl methyl sites for hydroxylation is 2. The van der Waals surface area contributed by atoms with Crippen LogP contribution in [0.2, 0.25) is 0 Å². The molecule has 0 unspecified atom stereocenters. The van der Waals surface area contributed by atoms with Crippen LogP contribution in [0, 0.1) is 6.92 Å². The number of anilines is 1. The van der Waals surface area contributed by atoms with Crippen LogP contribution in [0.15, 0.2) is 56.5 Å². The fourth-order valence-electron chi connectivity index (χ4n) is 2.20. The lowest BCUT2D eigenvalue weighted by molar-refractivity contribution is 0.398. The summed E-state index contributed by atoms with van der Waals surface area (Å²) in [7, 11) is -3.81. The molecule has 0 aliphatic carbocycles. The van der Waals surface area contributed by atoms with Gasteiger partial charge in [-0.25, -0.2) is 0 Å². The van der Waals surface area contributed by atoms with E-state index in [-0.39, 0.29) is 5.09 Å². The summed E-state index contributed by atoms with van der Waals surface area (Å²) in [6.07, 6.45) is 0.722. The van der Waals surface area contributed by atoms with Gasteiger partial charge in [0.05, 0.1) is 11.4 Å². The number of nitrogens with one attached hydrogen (secondary N) is 1. The molecule has 0 saturated carbocycles. The van der Waals surface area contributed by atoms with Crippen molar-refractivity contribution in [2.24, 2.45) is 0 Å². The first kappa shape index (κ1) is 15.4. The number of rotatable bonds is 5. The van der Waals surface area contributed by atoms with E-state index in [0.717, 1.165) is 12.0 Å². The van der Waals surface area contributed by atoms with Crippen LogP contribution >= 0.6 is 0 Å². The summed E-state index contributed by atoms with van der Waals surface area (Å²) in [5.41, 5.74) is 2.15. The molecule has 120 valence electrons. The van der Waals surface area contributed by atoms with E-state index in [1.807, 2.05) is 19.1 Å². The zero-order chi connectivity index (χ0) is 16.4. The normalized spacial score (nSPS) is 11.6. The molecule has 0 bridgehead atoms. The van der Waals surface area contributed by atoms with Crippen LogP contribution in [0.25, 0.3) is 11.5 Å². The van der Waals surface area contributed by atoms with Crippen LogP contribution in [-0.4, -0.2) is 13.6 Å². The average molecular weight is 332 g/mol. The molecule has 1 N–H and O–H groups in total. The smallest absolute Gasteiger partial charge is 0.295 e. The third kappa shape index (κ3) is 3.14. The molecule has 3 aromatic rings. The first-order valence-corrected chi connectivity index (χ1v) is 8.62. The first-order valence-electron chi connectivity index (χ1n) is 7.14. The summed E-state index contributed by atoms with van der Waals surface area (Å²) in [5.74, 6) is 0.702. The van der Waals surface area contributed by atoms with Gasteiger partial charge in [0.25, 0.3) is 10.0 Å². The number of hydrogen-bond acceptors (Lipinski definition) is 5. The highest BCUT2D eigenvalue weighted by Crippen LogP contribution is 2.27. The van der Waals surface area contributed by atoms with Crippen LogP contribution in [0.4, 0.5) is 5.69 Å². The van der Waals surface area contributed by atoms with Crippen molar-refractivity contribution in [2.75, 3.05) is 4.72 Å². The van der Waals surface area contributed by atoms with Gasteiger partial charge in [-0.1, -0.05) is 30.3 Å². The van der Waals surface area contributed by atoms with E-state index in [2.05, 4.69) is 9.88 Å². The van der Waals surface area contributed by atoms with Crippen molar-refractivity contribution in [3.05, 3.63) is 53.7 Å². The van der Waals surface area contributed by atoms with Crippen molar-refractivity contribution >= 4 is 15.7 Å². The molecule has 0 fully saturated rings. The van der Waals surface area contributed by atoms with Gasteiger partial charge < -0.3 is 8.94 Å². The predicted molar refractivity (Wildman–Crippen MR) is 85.6 cm³/mol. The van der Waals surface area contributed by atoms with Gasteiger partial charge in [-0.2, -0.15) is 8.42 Å². The highest BCUT2D eigenvalue weighted by molar-refractivity contribution is 7.92. The standard InChI is InChI=1S/C16H16N2O4S/c1-3-12-6-4-5-7-13(12)18-23(19,20)16-9-8-14(21-16)15-10-11(2)17-22-15/h4-10,18H,3H2,1-2H3. The molecule has 2 heterocycles. The quantitative estimate of drug-likeness (QED) is 0.771. The van der Waals surface area contributed by atoms with Crippen molar-refractivity contribution in [1.82, 2.24) is 5.16 Å². The van der Waals surface area contributed by atoms with Gasteiger partial charge >= 0.3 is 0 Å². The zero-order valence-corrected chi connectivity index (χ0v) is 13.6. The minimum Gasteiger partial charge on any atom is -0.439 e. The highest BCUT2D eigenvalue weighted by Gasteiger charge is 2.21. The van der Waals surface area contributed by atoms with Crippen molar-refractivity contribution in [2.45, 2.75) is 25.4 Å². The fourth-order valence-corrected chi connectivity index (χ4v) is 3.24. The molecular formula is C16H16N2O4S. The second-order valence-electron chi connectivity index (χ2n) is 5.07. The van der Waals surface area contributed by atoms with Crippen LogP contribution in [-0.2, 0) is 16.4 Å². The summed E-state index contributed by atoms with van der Waals surface area (Å²) >= 11 is 0. The van der Waals surface area contributed by atoms with E-state index in [1.54, 1.807) is 31.2 Å². The lowest BCUT2D eigenvalue weighted by Crippen LogP contribution is -2.13. The Morgan fingerprint density at radius 3 is 2.61 bits per heavy atom. The Morgan fingerprint density at radius 2 is 1.91 bits per heavy atom. The summed E-state index contributed by atoms with van der Waals surface area (Å²) in [6, 6.07) is 11.9. The fraction of sp³-hybridized carbons (Fsp3) is 0.188. The maximum atomic E-state index is 12.5. The van der Waals surface area contributed by atoms with Gasteiger partial charge in [-0.3, -0.25) is 4.72 Å². The Bertz CT molecular complexity index is 925. The van der Waals surface area contributed by atoms with Gasteiger partial charge in [0, 0.05) is 6.07 Å². The largest absolute Gasteiger partial charge is 0.439 e. The topological polar surface area (TPSA) is 85.3 Å². The van der Waals surface area contributed by atoms with Crippen LogP contribution in [0.1, 0.15) is 18.2 Å². The molecule has 0 spiro atoms.